The van der Waals surface area contributed by atoms with Gasteiger partial charge in [0.1, 0.15) is 0 Å². The van der Waals surface area contributed by atoms with Crippen LogP contribution in [0.3, 0.4) is 0 Å². The largest absolute Gasteiger partial charge is 0.241 e. The zero-order valence-corrected chi connectivity index (χ0v) is 9.72. The third-order valence-corrected chi connectivity index (χ3v) is 3.53. The summed E-state index contributed by atoms with van der Waals surface area (Å²) in [6, 6.07) is 9.38. The molecule has 1 rings (SSSR count). The van der Waals surface area contributed by atoms with Crippen molar-refractivity contribution < 1.29 is 0 Å². The Morgan fingerprint density at radius 1 is 1.08 bits per heavy atom. The van der Waals surface area contributed by atoms with Crippen molar-refractivity contribution in [3.05, 3.63) is 35.4 Å². The van der Waals surface area contributed by atoms with Crippen molar-refractivity contribution in [1.82, 2.24) is 0 Å². The zero-order valence-electron chi connectivity index (χ0n) is 7.06. The van der Waals surface area contributed by atoms with Crippen LogP contribution in [-0.2, 0) is 12.5 Å². The molecule has 0 bridgehead atoms. The lowest BCUT2D eigenvalue weighted by Crippen LogP contribution is -1.99. The lowest BCUT2D eigenvalue weighted by atomic mass is 10.1. The van der Waals surface area contributed by atoms with Gasteiger partial charge < -0.3 is 0 Å². The van der Waals surface area contributed by atoms with Crippen LogP contribution in [0.25, 0.3) is 0 Å². The standard InChI is InChI=1S/C9H12Cl2Si/c1-2-8-3-5-9(6-4-8)7-12(10)11/h3-6,12H,2,7H2,1H3. The van der Waals surface area contributed by atoms with Crippen molar-refractivity contribution in [2.24, 2.45) is 0 Å². The van der Waals surface area contributed by atoms with Gasteiger partial charge in [-0.1, -0.05) is 31.2 Å². The summed E-state index contributed by atoms with van der Waals surface area (Å²) < 4.78 is 0. The maximum Gasteiger partial charge on any atom is 0.241 e. The normalized spacial score (nSPS) is 10.7. The summed E-state index contributed by atoms with van der Waals surface area (Å²) >= 11 is 11.6. The SMILES string of the molecule is CCc1ccc(C[SiH](Cl)Cl)cc1. The molecule has 0 saturated heterocycles. The van der Waals surface area contributed by atoms with Gasteiger partial charge in [-0.3, -0.25) is 0 Å². The molecule has 0 spiro atoms. The van der Waals surface area contributed by atoms with Gasteiger partial charge in [-0.2, -0.15) is 0 Å². The average Bonchev–Trinajstić information content (AvgIpc) is 2.05. The summed E-state index contributed by atoms with van der Waals surface area (Å²) in [7, 11) is -1.48. The van der Waals surface area contributed by atoms with Gasteiger partial charge in [-0.15, -0.1) is 22.2 Å². The van der Waals surface area contributed by atoms with Gasteiger partial charge in [-0.05, 0) is 23.6 Å². The predicted octanol–water partition coefficient (Wildman–Crippen LogP) is 3.03. The molecule has 0 unspecified atom stereocenters. The van der Waals surface area contributed by atoms with Crippen LogP contribution in [-0.4, -0.2) is 7.42 Å². The number of halogens is 2. The molecule has 0 N–H and O–H groups in total. The molecule has 0 atom stereocenters. The molecule has 3 heteroatoms. The van der Waals surface area contributed by atoms with Crippen LogP contribution in [0.15, 0.2) is 24.3 Å². The van der Waals surface area contributed by atoms with Gasteiger partial charge in [0.25, 0.3) is 0 Å². The maximum absolute atomic E-state index is 5.79. The van der Waals surface area contributed by atoms with Crippen LogP contribution in [0, 0.1) is 0 Å². The molecule has 1 aromatic rings. The number of aryl methyl sites for hydroxylation is 1. The fraction of sp³-hybridized carbons (Fsp3) is 0.333. The highest BCUT2D eigenvalue weighted by molar-refractivity contribution is 7.33. The summed E-state index contributed by atoms with van der Waals surface area (Å²) in [5, 5.41) is 0. The topological polar surface area (TPSA) is 0 Å². The van der Waals surface area contributed by atoms with E-state index in [9.17, 15) is 0 Å². The first kappa shape index (κ1) is 10.1. The first-order chi connectivity index (χ1) is 5.72. The van der Waals surface area contributed by atoms with Crippen molar-refractivity contribution in [3.63, 3.8) is 0 Å². The summed E-state index contributed by atoms with van der Waals surface area (Å²) in [5.74, 6) is 0. The van der Waals surface area contributed by atoms with Crippen LogP contribution < -0.4 is 0 Å². The van der Waals surface area contributed by atoms with Gasteiger partial charge in [0.05, 0.1) is 0 Å². The summed E-state index contributed by atoms with van der Waals surface area (Å²) in [5.41, 5.74) is 2.62. The lowest BCUT2D eigenvalue weighted by molar-refractivity contribution is 1.13. The third kappa shape index (κ3) is 3.17. The fourth-order valence-corrected chi connectivity index (χ4v) is 2.79. The molecule has 0 aliphatic carbocycles. The third-order valence-electron chi connectivity index (χ3n) is 1.82. The Labute approximate surface area is 84.5 Å². The number of rotatable bonds is 3. The van der Waals surface area contributed by atoms with Crippen LogP contribution in [0.2, 0.25) is 0 Å². The van der Waals surface area contributed by atoms with Crippen molar-refractivity contribution in [1.29, 1.82) is 0 Å². The first-order valence-electron chi connectivity index (χ1n) is 4.08. The van der Waals surface area contributed by atoms with Crippen LogP contribution in [0.1, 0.15) is 18.1 Å². The van der Waals surface area contributed by atoms with E-state index in [2.05, 4.69) is 31.2 Å². The Balaban J connectivity index is 2.65. The Morgan fingerprint density at radius 3 is 2.00 bits per heavy atom. The molecule has 0 aliphatic rings. The second-order valence-corrected chi connectivity index (χ2v) is 7.79. The van der Waals surface area contributed by atoms with E-state index in [-0.39, 0.29) is 0 Å². The second kappa shape index (κ2) is 4.90. The first-order valence-corrected chi connectivity index (χ1v) is 8.39. The summed E-state index contributed by atoms with van der Waals surface area (Å²) in [6.07, 6.45) is 1.09. The molecule has 0 aliphatic heterocycles. The van der Waals surface area contributed by atoms with E-state index in [1.807, 2.05) is 0 Å². The zero-order chi connectivity index (χ0) is 8.97. The smallest absolute Gasteiger partial charge is 0.150 e. The Hall–Kier alpha value is 0.0169. The molecule has 1 aromatic carbocycles. The lowest BCUT2D eigenvalue weighted by Gasteiger charge is -2.01. The van der Waals surface area contributed by atoms with Gasteiger partial charge in [0, 0.05) is 0 Å². The minimum Gasteiger partial charge on any atom is -0.150 e. The average molecular weight is 219 g/mol. The highest BCUT2D eigenvalue weighted by Gasteiger charge is 2.02. The van der Waals surface area contributed by atoms with Crippen molar-refractivity contribution in [3.8, 4) is 0 Å². The second-order valence-electron chi connectivity index (χ2n) is 2.77. The summed E-state index contributed by atoms with van der Waals surface area (Å²) in [6.45, 7) is 2.15. The molecule has 66 valence electrons. The Morgan fingerprint density at radius 2 is 1.58 bits per heavy atom. The van der Waals surface area contributed by atoms with Crippen molar-refractivity contribution >= 4 is 29.6 Å². The van der Waals surface area contributed by atoms with Gasteiger partial charge in [-0.25, -0.2) is 0 Å². The molecular formula is C9H12Cl2Si. The maximum atomic E-state index is 5.79. The Bertz CT molecular complexity index is 231. The van der Waals surface area contributed by atoms with E-state index in [1.54, 1.807) is 0 Å². The number of hydrogen-bond donors (Lipinski definition) is 0. The van der Waals surface area contributed by atoms with Gasteiger partial charge >= 0.3 is 0 Å². The van der Waals surface area contributed by atoms with Crippen molar-refractivity contribution in [2.45, 2.75) is 19.4 Å². The van der Waals surface area contributed by atoms with E-state index in [0.29, 0.717) is 0 Å². The molecule has 0 heterocycles. The van der Waals surface area contributed by atoms with E-state index >= 15 is 0 Å². The van der Waals surface area contributed by atoms with Crippen molar-refractivity contribution in [2.75, 3.05) is 0 Å². The fourth-order valence-electron chi connectivity index (χ4n) is 1.09. The predicted molar refractivity (Wildman–Crippen MR) is 58.4 cm³/mol. The number of hydrogen-bond acceptors (Lipinski definition) is 0. The van der Waals surface area contributed by atoms with Crippen LogP contribution in [0.5, 0.6) is 0 Å². The molecule has 0 fully saturated rings. The quantitative estimate of drug-likeness (QED) is 0.541. The molecular weight excluding hydrogens is 207 g/mol. The van der Waals surface area contributed by atoms with E-state index in [1.165, 1.54) is 11.1 Å². The molecule has 0 saturated carbocycles. The number of benzene rings is 1. The molecule has 0 nitrogen and oxygen atoms in total. The van der Waals surface area contributed by atoms with E-state index in [4.69, 9.17) is 22.2 Å². The minimum absolute atomic E-state index is 0.868. The summed E-state index contributed by atoms with van der Waals surface area (Å²) in [4.78, 5) is 0. The van der Waals surface area contributed by atoms with E-state index in [0.717, 1.165) is 12.5 Å². The highest BCUT2D eigenvalue weighted by atomic mass is 35.7. The monoisotopic (exact) mass is 218 g/mol. The van der Waals surface area contributed by atoms with Crippen LogP contribution >= 0.6 is 22.2 Å². The molecule has 0 radical (unpaired) electrons. The van der Waals surface area contributed by atoms with Gasteiger partial charge in [0.2, 0.25) is 7.42 Å². The Kier molecular flexibility index (Phi) is 4.13. The molecule has 0 amide bonds. The molecule has 12 heavy (non-hydrogen) atoms. The van der Waals surface area contributed by atoms with Gasteiger partial charge in [0.15, 0.2) is 0 Å². The van der Waals surface area contributed by atoms with E-state index < -0.39 is 7.42 Å². The van der Waals surface area contributed by atoms with Crippen LogP contribution in [0.4, 0.5) is 0 Å². The minimum atomic E-state index is -1.48. The highest BCUT2D eigenvalue weighted by Crippen LogP contribution is 2.10. The molecule has 0 aromatic heterocycles.